The van der Waals surface area contributed by atoms with E-state index in [4.69, 9.17) is 16.3 Å². The number of carbonyl (C=O) groups is 2. The molecule has 1 N–H and O–H groups in total. The first kappa shape index (κ1) is 23.8. The molecule has 6 heteroatoms. The number of hydrogen-bond donors (Lipinski definition) is 1. The molecule has 0 saturated carbocycles. The molecule has 0 aromatic heterocycles. The summed E-state index contributed by atoms with van der Waals surface area (Å²) in [5.74, 6) is -0.151. The summed E-state index contributed by atoms with van der Waals surface area (Å²) in [6.45, 7) is 4.20. The molecule has 0 unspecified atom stereocenters. The average molecular weight is 462 g/mol. The number of nitrogens with one attached hydrogen (secondary N) is 1. The predicted molar refractivity (Wildman–Crippen MR) is 132 cm³/mol. The van der Waals surface area contributed by atoms with Gasteiger partial charge in [-0.25, -0.2) is 0 Å². The van der Waals surface area contributed by atoms with Crippen molar-refractivity contribution in [2.45, 2.75) is 46.1 Å². The van der Waals surface area contributed by atoms with Gasteiger partial charge in [0.1, 0.15) is 0 Å². The normalized spacial score (nSPS) is 16.7. The second-order valence-electron chi connectivity index (χ2n) is 8.88. The summed E-state index contributed by atoms with van der Waals surface area (Å²) in [5, 5.41) is 3.78. The molecule has 0 bridgehead atoms. The predicted octanol–water partition coefficient (Wildman–Crippen LogP) is 5.96. The van der Waals surface area contributed by atoms with Gasteiger partial charge in [0.25, 0.3) is 0 Å². The number of halogens is 1. The molecule has 3 rings (SSSR count). The maximum absolute atomic E-state index is 13.1. The Kier molecular flexibility index (Phi) is 8.51. The van der Waals surface area contributed by atoms with Crippen LogP contribution in [0.1, 0.15) is 42.4 Å². The zero-order valence-corrected chi connectivity index (χ0v) is 20.3. The summed E-state index contributed by atoms with van der Waals surface area (Å²) in [6, 6.07) is 13.5. The summed E-state index contributed by atoms with van der Waals surface area (Å²) in [7, 11) is -2.11. The zero-order valence-electron chi connectivity index (χ0n) is 18.5. The average Bonchev–Trinajstić information content (AvgIpc) is 2.95. The van der Waals surface area contributed by atoms with Crippen molar-refractivity contribution in [3.8, 4) is 0 Å². The van der Waals surface area contributed by atoms with Crippen molar-refractivity contribution in [3.63, 3.8) is 0 Å². The van der Waals surface area contributed by atoms with Gasteiger partial charge in [-0.3, -0.25) is 0 Å². The Morgan fingerprint density at radius 1 is 0.968 bits per heavy atom. The van der Waals surface area contributed by atoms with Crippen molar-refractivity contribution in [2.75, 3.05) is 30.0 Å². The quantitative estimate of drug-likeness (QED) is 0.408. The second kappa shape index (κ2) is 11.1. The number of aryl methyl sites for hydroxylation is 2. The molecule has 0 radical (unpaired) electrons. The van der Waals surface area contributed by atoms with Gasteiger partial charge >= 0.3 is 191 Å². The minimum atomic E-state index is -2.11. The molecule has 0 aliphatic carbocycles. The van der Waals surface area contributed by atoms with E-state index in [-0.39, 0.29) is 11.9 Å². The number of hydrogen-bond acceptors (Lipinski definition) is 3. The first-order valence-electron chi connectivity index (χ1n) is 11.1. The Morgan fingerprint density at radius 3 is 2.19 bits per heavy atom. The van der Waals surface area contributed by atoms with Crippen molar-refractivity contribution in [1.29, 1.82) is 0 Å². The number of amides is 1. The van der Waals surface area contributed by atoms with Crippen LogP contribution in [0.5, 0.6) is 0 Å². The minimum absolute atomic E-state index is 0.0120. The molecule has 1 saturated heterocycles. The van der Waals surface area contributed by atoms with Crippen molar-refractivity contribution in [1.82, 2.24) is 0 Å². The van der Waals surface area contributed by atoms with Gasteiger partial charge in [0.15, 0.2) is 0 Å². The molecule has 4 nitrogen and oxygen atoms in total. The third-order valence-corrected chi connectivity index (χ3v) is 11.4. The van der Waals surface area contributed by atoms with E-state index >= 15 is 0 Å². The number of anilines is 1. The van der Waals surface area contributed by atoms with Crippen LogP contribution >= 0.6 is 18.9 Å². The molecule has 1 aliphatic heterocycles. The van der Waals surface area contributed by atoms with Crippen LogP contribution in [-0.2, 0) is 20.9 Å². The Bertz CT molecular complexity index is 885. The Morgan fingerprint density at radius 2 is 1.58 bits per heavy atom. The van der Waals surface area contributed by atoms with E-state index < -0.39 is 7.26 Å². The van der Waals surface area contributed by atoms with Crippen molar-refractivity contribution in [3.05, 3.63) is 64.2 Å². The zero-order chi connectivity index (χ0) is 22.3. The van der Waals surface area contributed by atoms with Crippen molar-refractivity contribution >= 4 is 36.4 Å². The van der Waals surface area contributed by atoms with E-state index in [9.17, 15) is 9.59 Å². The van der Waals surface area contributed by atoms with Crippen LogP contribution in [0.2, 0.25) is 5.02 Å². The fourth-order valence-electron chi connectivity index (χ4n) is 4.62. The summed E-state index contributed by atoms with van der Waals surface area (Å²) in [6.07, 6.45) is 7.49. The van der Waals surface area contributed by atoms with Crippen LogP contribution in [0.3, 0.4) is 0 Å². The van der Waals surface area contributed by atoms with Crippen molar-refractivity contribution < 1.29 is 14.3 Å². The van der Waals surface area contributed by atoms with E-state index in [2.05, 4.69) is 5.32 Å². The molecule has 0 spiro atoms. The van der Waals surface area contributed by atoms with Crippen LogP contribution in [0.25, 0.3) is 0 Å². The third kappa shape index (κ3) is 7.05. The SMILES string of the molecule is Cc1cc(Cl)cc(C)c1NC(=O)C[PH]1(CC(=O)OCc2ccccc2)CCCCCC1. The fourth-order valence-corrected chi connectivity index (χ4v) is 9.52. The molecule has 1 amide bonds. The number of ether oxygens (including phenoxy) is 1. The summed E-state index contributed by atoms with van der Waals surface area (Å²) in [5.41, 5.74) is 3.73. The van der Waals surface area contributed by atoms with E-state index in [0.29, 0.717) is 24.0 Å². The molecular weight excluding hydrogens is 429 g/mol. The summed E-state index contributed by atoms with van der Waals surface area (Å²) >= 11 is 6.13. The van der Waals surface area contributed by atoms with Crippen LogP contribution in [0.4, 0.5) is 5.69 Å². The second-order valence-corrected chi connectivity index (χ2v) is 14.0. The first-order chi connectivity index (χ1) is 14.9. The number of esters is 1. The molecule has 1 aliphatic rings. The molecule has 2 aromatic rings. The van der Waals surface area contributed by atoms with Gasteiger partial charge in [-0.2, -0.15) is 0 Å². The number of benzene rings is 2. The van der Waals surface area contributed by atoms with Gasteiger partial charge < -0.3 is 0 Å². The van der Waals surface area contributed by atoms with Gasteiger partial charge in [0, 0.05) is 0 Å². The van der Waals surface area contributed by atoms with E-state index in [1.807, 2.05) is 56.3 Å². The van der Waals surface area contributed by atoms with Crippen LogP contribution in [0.15, 0.2) is 42.5 Å². The van der Waals surface area contributed by atoms with Gasteiger partial charge in [-0.1, -0.05) is 0 Å². The van der Waals surface area contributed by atoms with Gasteiger partial charge in [0.05, 0.1) is 0 Å². The first-order valence-corrected chi connectivity index (χ1v) is 14.3. The Hall–Kier alpha value is -1.90. The monoisotopic (exact) mass is 461 g/mol. The summed E-state index contributed by atoms with van der Waals surface area (Å²) < 4.78 is 5.60. The van der Waals surface area contributed by atoms with Crippen LogP contribution in [0, 0.1) is 13.8 Å². The van der Waals surface area contributed by atoms with E-state index in [1.165, 1.54) is 12.8 Å². The van der Waals surface area contributed by atoms with Crippen LogP contribution < -0.4 is 5.32 Å². The van der Waals surface area contributed by atoms with E-state index in [0.717, 1.165) is 47.5 Å². The standard InChI is InChI=1S/C25H33ClNO3P/c1-19-14-22(26)15-20(2)25(19)27-23(28)17-31(12-8-3-4-9-13-31)18-24(29)30-16-21-10-6-5-7-11-21/h5-7,10-11,14-15,31H,3-4,8-9,12-13,16-18H2,1-2H3,(H,27,28). The molecule has 168 valence electrons. The molecule has 0 atom stereocenters. The maximum atomic E-state index is 13.1. The van der Waals surface area contributed by atoms with Gasteiger partial charge in [0.2, 0.25) is 0 Å². The van der Waals surface area contributed by atoms with Gasteiger partial charge in [-0.15, -0.1) is 0 Å². The summed E-state index contributed by atoms with van der Waals surface area (Å²) in [4.78, 5) is 25.8. The Balaban J connectivity index is 1.68. The number of carbonyl (C=O) groups excluding carboxylic acids is 2. The fraction of sp³-hybridized carbons (Fsp3) is 0.440. The molecular formula is C25H33ClNO3P. The molecule has 1 heterocycles. The molecule has 1 fully saturated rings. The van der Waals surface area contributed by atoms with Crippen molar-refractivity contribution in [2.24, 2.45) is 0 Å². The third-order valence-electron chi connectivity index (χ3n) is 6.22. The Labute approximate surface area is 191 Å². The number of rotatable bonds is 7. The van der Waals surface area contributed by atoms with Gasteiger partial charge in [-0.05, 0) is 0 Å². The van der Waals surface area contributed by atoms with E-state index in [1.54, 1.807) is 0 Å². The molecule has 31 heavy (non-hydrogen) atoms. The van der Waals surface area contributed by atoms with Crippen LogP contribution in [-0.4, -0.2) is 36.5 Å². The topological polar surface area (TPSA) is 55.4 Å². The molecule has 2 aromatic carbocycles.